The molecular formula is C10H15NaO7S. The summed E-state index contributed by atoms with van der Waals surface area (Å²) in [6, 6.07) is 0. The summed E-state index contributed by atoms with van der Waals surface area (Å²) in [4.78, 5) is 23.3. The summed E-state index contributed by atoms with van der Waals surface area (Å²) in [6.45, 7) is 0. The molecule has 9 heteroatoms. The first kappa shape index (κ1) is 16.9. The van der Waals surface area contributed by atoms with Crippen molar-refractivity contribution in [1.82, 2.24) is 0 Å². The number of methoxy groups -OCH3 is 2. The third kappa shape index (κ3) is 3.13. The van der Waals surface area contributed by atoms with Crippen LogP contribution >= 0.6 is 0 Å². The first-order valence-corrected chi connectivity index (χ1v) is 8.42. The van der Waals surface area contributed by atoms with Gasteiger partial charge in [-0.1, -0.05) is 0 Å². The normalized spacial score (nSPS) is 31.6. The first-order chi connectivity index (χ1) is 8.69. The van der Waals surface area contributed by atoms with E-state index in [1.807, 2.05) is 0 Å². The molecule has 1 aliphatic carbocycles. The van der Waals surface area contributed by atoms with Crippen LogP contribution in [0.5, 0.6) is 0 Å². The van der Waals surface area contributed by atoms with Crippen molar-refractivity contribution in [2.75, 3.05) is 14.2 Å². The summed E-state index contributed by atoms with van der Waals surface area (Å²) < 4.78 is 39.4. The Kier molecular flexibility index (Phi) is 5.42. The Labute approximate surface area is 129 Å². The van der Waals surface area contributed by atoms with Gasteiger partial charge in [0.2, 0.25) is 0 Å². The van der Waals surface area contributed by atoms with E-state index in [0.717, 1.165) is 7.11 Å². The van der Waals surface area contributed by atoms with Crippen LogP contribution in [0.4, 0.5) is 0 Å². The molecule has 0 aromatic heterocycles. The molecule has 0 spiro atoms. The Morgan fingerprint density at radius 1 is 1.32 bits per heavy atom. The van der Waals surface area contributed by atoms with Crippen molar-refractivity contribution in [3.05, 3.63) is 0 Å². The van der Waals surface area contributed by atoms with Crippen LogP contribution in [0.25, 0.3) is 0 Å². The zero-order chi connectivity index (χ0) is 14.8. The second-order valence-corrected chi connectivity index (χ2v) is 8.03. The standard InChI is InChI=1S/C10H15O7S.Na/c1-16-8(11)7-3-5-10(6-4-7,9(12)17-2)18(13,14)15;/h3,7H,4-6H2,1-2H3,(H,13,14,15);. The van der Waals surface area contributed by atoms with Crippen molar-refractivity contribution >= 4 is 50.0 Å². The fourth-order valence-electron chi connectivity index (χ4n) is 2.65. The van der Waals surface area contributed by atoms with Crippen molar-refractivity contribution < 1.29 is 32.0 Å². The van der Waals surface area contributed by atoms with Crippen molar-refractivity contribution in [3.63, 3.8) is 0 Å². The molecule has 3 unspecified atom stereocenters. The molecule has 0 aromatic carbocycles. The molecule has 3 atom stereocenters. The van der Waals surface area contributed by atoms with E-state index in [0.29, 0.717) is 27.9 Å². The van der Waals surface area contributed by atoms with Crippen LogP contribution in [-0.2, 0) is 29.2 Å². The molecule has 1 N–H and O–H groups in total. The number of carbonyl (C=O) groups excluding carboxylic acids is 2. The fourth-order valence-corrected chi connectivity index (χ4v) is 5.39. The van der Waals surface area contributed by atoms with E-state index in [1.54, 1.807) is 0 Å². The van der Waals surface area contributed by atoms with Crippen LogP contribution in [0.2, 0.25) is 3.17 Å². The molecule has 1 rings (SSSR count). The maximum atomic E-state index is 11.8. The molecule has 7 nitrogen and oxygen atoms in total. The second kappa shape index (κ2) is 6.09. The predicted molar refractivity (Wildman–Crippen MR) is 65.2 cm³/mol. The third-order valence-electron chi connectivity index (χ3n) is 3.75. The van der Waals surface area contributed by atoms with Crippen LogP contribution in [0.1, 0.15) is 19.3 Å². The number of rotatable bonds is 3. The van der Waals surface area contributed by atoms with E-state index in [9.17, 15) is 22.6 Å². The molecule has 19 heavy (non-hydrogen) atoms. The molecular weight excluding hydrogens is 287 g/mol. The Hall–Kier alpha value is -0.150. The average Bonchev–Trinajstić information content (AvgIpc) is 2.35. The second-order valence-electron chi connectivity index (χ2n) is 4.81. The van der Waals surface area contributed by atoms with Crippen LogP contribution in [-0.4, -0.2) is 71.8 Å². The Morgan fingerprint density at radius 3 is 2.26 bits per heavy atom. The summed E-state index contributed by atoms with van der Waals surface area (Å²) in [7, 11) is -2.25. The van der Waals surface area contributed by atoms with Gasteiger partial charge in [0.05, 0.1) is 0 Å². The first-order valence-electron chi connectivity index (χ1n) is 5.83. The SMILES string of the molecule is COC(=O)C1CCC(C(=O)OC)(S(=O)(=O)O)C[CH]1[Na]. The van der Waals surface area contributed by atoms with Gasteiger partial charge in [0.1, 0.15) is 0 Å². The van der Waals surface area contributed by atoms with E-state index < -0.39 is 32.7 Å². The van der Waals surface area contributed by atoms with E-state index >= 15 is 0 Å². The molecule has 0 bridgehead atoms. The van der Waals surface area contributed by atoms with Gasteiger partial charge in [-0.05, 0) is 0 Å². The summed E-state index contributed by atoms with van der Waals surface area (Å²) in [6.07, 6.45) is -0.0722. The Morgan fingerprint density at radius 2 is 1.89 bits per heavy atom. The summed E-state index contributed by atoms with van der Waals surface area (Å²) in [5.41, 5.74) is 0. The summed E-state index contributed by atoms with van der Waals surface area (Å²) in [5.74, 6) is -1.80. The average molecular weight is 302 g/mol. The molecule has 0 saturated heterocycles. The predicted octanol–water partition coefficient (Wildman–Crippen LogP) is -0.284. The van der Waals surface area contributed by atoms with Gasteiger partial charge >= 0.3 is 129 Å². The molecule has 1 aliphatic rings. The van der Waals surface area contributed by atoms with Gasteiger partial charge in [0.25, 0.3) is 0 Å². The zero-order valence-corrected chi connectivity index (χ0v) is 13.9. The fraction of sp³-hybridized carbons (Fsp3) is 0.800. The van der Waals surface area contributed by atoms with Crippen molar-refractivity contribution in [2.45, 2.75) is 27.2 Å². The van der Waals surface area contributed by atoms with Crippen molar-refractivity contribution in [2.24, 2.45) is 5.92 Å². The van der Waals surface area contributed by atoms with E-state index in [1.165, 1.54) is 7.11 Å². The van der Waals surface area contributed by atoms with E-state index in [2.05, 4.69) is 9.47 Å². The topological polar surface area (TPSA) is 107 Å². The molecule has 1 fully saturated rings. The Bertz CT molecular complexity index is 474. The van der Waals surface area contributed by atoms with Crippen LogP contribution in [0, 0.1) is 5.92 Å². The minimum atomic E-state index is -4.59. The zero-order valence-electron chi connectivity index (χ0n) is 11.1. The summed E-state index contributed by atoms with van der Waals surface area (Å²) >= 11 is 0.505. The van der Waals surface area contributed by atoms with Crippen molar-refractivity contribution in [1.29, 1.82) is 0 Å². The van der Waals surface area contributed by atoms with Gasteiger partial charge in [0.15, 0.2) is 0 Å². The Balaban J connectivity index is 3.09. The third-order valence-corrected chi connectivity index (χ3v) is 6.49. The molecule has 0 aromatic rings. The molecule has 104 valence electrons. The number of hydrogen-bond donors (Lipinski definition) is 1. The van der Waals surface area contributed by atoms with E-state index in [4.69, 9.17) is 0 Å². The molecule has 0 radical (unpaired) electrons. The molecule has 0 aliphatic heterocycles. The number of esters is 2. The van der Waals surface area contributed by atoms with Crippen molar-refractivity contribution in [3.8, 4) is 0 Å². The van der Waals surface area contributed by atoms with Gasteiger partial charge in [-0.2, -0.15) is 0 Å². The molecule has 1 saturated carbocycles. The monoisotopic (exact) mass is 302 g/mol. The minimum absolute atomic E-state index is 0.107. The van der Waals surface area contributed by atoms with Crippen LogP contribution < -0.4 is 0 Å². The number of hydrogen-bond acceptors (Lipinski definition) is 6. The number of carbonyl (C=O) groups is 2. The van der Waals surface area contributed by atoms with E-state index in [-0.39, 0.29) is 22.4 Å². The van der Waals surface area contributed by atoms with Crippen LogP contribution in [0.3, 0.4) is 0 Å². The maximum absolute atomic E-state index is 11.8. The van der Waals surface area contributed by atoms with Gasteiger partial charge in [-0.15, -0.1) is 0 Å². The molecule has 0 amide bonds. The van der Waals surface area contributed by atoms with Gasteiger partial charge in [-0.25, -0.2) is 0 Å². The van der Waals surface area contributed by atoms with Crippen LogP contribution in [0.15, 0.2) is 0 Å². The quantitative estimate of drug-likeness (QED) is 0.434. The molecule has 0 heterocycles. The summed E-state index contributed by atoms with van der Waals surface area (Å²) in [5, 5.41) is 0. The van der Waals surface area contributed by atoms with Gasteiger partial charge in [-0.3, -0.25) is 0 Å². The van der Waals surface area contributed by atoms with Gasteiger partial charge in [0, 0.05) is 0 Å². The van der Waals surface area contributed by atoms with Gasteiger partial charge < -0.3 is 0 Å². The number of ether oxygens (including phenoxy) is 2.